The van der Waals surface area contributed by atoms with E-state index in [2.05, 4.69) is 54.3 Å². The zero-order valence-corrected chi connectivity index (χ0v) is 13.4. The standard InChI is InChI=1S/C18H17N5/c1-18(2,3)14-4-6-15(7-5-14)23-17(16(12-19)21-22-23)13-8-10-20-11-9-13/h4-11H,1-3H3. The van der Waals surface area contributed by atoms with Gasteiger partial charge in [-0.2, -0.15) is 5.26 Å². The van der Waals surface area contributed by atoms with E-state index in [9.17, 15) is 5.26 Å². The maximum Gasteiger partial charge on any atom is 0.191 e. The van der Waals surface area contributed by atoms with E-state index in [1.165, 1.54) is 5.56 Å². The maximum absolute atomic E-state index is 9.31. The molecule has 0 aliphatic heterocycles. The molecule has 0 fully saturated rings. The molecule has 23 heavy (non-hydrogen) atoms. The summed E-state index contributed by atoms with van der Waals surface area (Å²) in [4.78, 5) is 4.02. The van der Waals surface area contributed by atoms with Gasteiger partial charge in [0.1, 0.15) is 11.8 Å². The van der Waals surface area contributed by atoms with Crippen LogP contribution in [0.4, 0.5) is 0 Å². The number of nitrogens with zero attached hydrogens (tertiary/aromatic N) is 5. The molecule has 5 nitrogen and oxygen atoms in total. The predicted molar refractivity (Wildman–Crippen MR) is 88.0 cm³/mol. The van der Waals surface area contributed by atoms with Gasteiger partial charge in [0, 0.05) is 18.0 Å². The van der Waals surface area contributed by atoms with Crippen LogP contribution in [0.5, 0.6) is 0 Å². The van der Waals surface area contributed by atoms with E-state index < -0.39 is 0 Å². The minimum absolute atomic E-state index is 0.0899. The highest BCUT2D eigenvalue weighted by Gasteiger charge is 2.17. The summed E-state index contributed by atoms with van der Waals surface area (Å²) in [5, 5.41) is 17.4. The monoisotopic (exact) mass is 303 g/mol. The third-order valence-electron chi connectivity index (χ3n) is 3.71. The highest BCUT2D eigenvalue weighted by Crippen LogP contribution is 2.27. The lowest BCUT2D eigenvalue weighted by Gasteiger charge is -2.19. The minimum Gasteiger partial charge on any atom is -0.265 e. The molecule has 3 aromatic rings. The SMILES string of the molecule is CC(C)(C)c1ccc(-n2nnc(C#N)c2-c2ccncc2)cc1. The molecule has 0 aliphatic rings. The molecule has 0 bridgehead atoms. The summed E-state index contributed by atoms with van der Waals surface area (Å²) in [6.07, 6.45) is 3.38. The van der Waals surface area contributed by atoms with E-state index in [-0.39, 0.29) is 5.41 Å². The third kappa shape index (κ3) is 2.84. The van der Waals surface area contributed by atoms with Crippen LogP contribution in [0.3, 0.4) is 0 Å². The van der Waals surface area contributed by atoms with Crippen LogP contribution in [-0.4, -0.2) is 20.0 Å². The van der Waals surface area contributed by atoms with Crippen molar-refractivity contribution in [3.8, 4) is 23.0 Å². The smallest absolute Gasteiger partial charge is 0.191 e. The summed E-state index contributed by atoms with van der Waals surface area (Å²) in [6, 6.07) is 14.0. The first-order chi connectivity index (χ1) is 11.0. The van der Waals surface area contributed by atoms with Gasteiger partial charge in [-0.15, -0.1) is 5.10 Å². The number of nitriles is 1. The number of pyridine rings is 1. The highest BCUT2D eigenvalue weighted by atomic mass is 15.4. The van der Waals surface area contributed by atoms with E-state index in [1.54, 1.807) is 17.1 Å². The zero-order valence-electron chi connectivity index (χ0n) is 13.4. The fraction of sp³-hybridized carbons (Fsp3) is 0.222. The predicted octanol–water partition coefficient (Wildman–Crippen LogP) is 3.50. The average molecular weight is 303 g/mol. The molecule has 0 unspecified atom stereocenters. The van der Waals surface area contributed by atoms with Crippen molar-refractivity contribution in [2.75, 3.05) is 0 Å². The van der Waals surface area contributed by atoms with E-state index >= 15 is 0 Å². The molecule has 5 heteroatoms. The molecule has 2 aromatic heterocycles. The summed E-state index contributed by atoms with van der Waals surface area (Å²) < 4.78 is 1.69. The van der Waals surface area contributed by atoms with Crippen molar-refractivity contribution in [1.82, 2.24) is 20.0 Å². The molecule has 114 valence electrons. The van der Waals surface area contributed by atoms with Crippen LogP contribution in [0.2, 0.25) is 0 Å². The summed E-state index contributed by atoms with van der Waals surface area (Å²) in [6.45, 7) is 6.52. The van der Waals surface area contributed by atoms with Crippen LogP contribution in [0.25, 0.3) is 16.9 Å². The molecule has 0 atom stereocenters. The fourth-order valence-corrected chi connectivity index (χ4v) is 2.41. The molecule has 0 saturated heterocycles. The molecular formula is C18H17N5. The molecule has 0 spiro atoms. The van der Waals surface area contributed by atoms with Gasteiger partial charge in [0.25, 0.3) is 0 Å². The minimum atomic E-state index is 0.0899. The van der Waals surface area contributed by atoms with Crippen molar-refractivity contribution in [3.63, 3.8) is 0 Å². The van der Waals surface area contributed by atoms with Gasteiger partial charge in [-0.25, -0.2) is 4.68 Å². The van der Waals surface area contributed by atoms with Gasteiger partial charge >= 0.3 is 0 Å². The van der Waals surface area contributed by atoms with E-state index in [0.717, 1.165) is 11.3 Å². The fourth-order valence-electron chi connectivity index (χ4n) is 2.41. The van der Waals surface area contributed by atoms with Crippen molar-refractivity contribution >= 4 is 0 Å². The number of benzene rings is 1. The molecule has 2 heterocycles. The Morgan fingerprint density at radius 3 is 2.22 bits per heavy atom. The van der Waals surface area contributed by atoms with Crippen molar-refractivity contribution < 1.29 is 0 Å². The Hall–Kier alpha value is -3.00. The van der Waals surface area contributed by atoms with Gasteiger partial charge in [0.15, 0.2) is 5.69 Å². The summed E-state index contributed by atoms with van der Waals surface area (Å²) in [5.41, 5.74) is 4.05. The molecule has 0 N–H and O–H groups in total. The van der Waals surface area contributed by atoms with Crippen LogP contribution in [0.15, 0.2) is 48.8 Å². The average Bonchev–Trinajstić information content (AvgIpc) is 2.99. The summed E-state index contributed by atoms with van der Waals surface area (Å²) in [7, 11) is 0. The van der Waals surface area contributed by atoms with E-state index in [4.69, 9.17) is 0 Å². The first kappa shape index (κ1) is 14.9. The largest absolute Gasteiger partial charge is 0.265 e. The molecule has 0 saturated carbocycles. The first-order valence-electron chi connectivity index (χ1n) is 7.38. The first-order valence-corrected chi connectivity index (χ1v) is 7.38. The third-order valence-corrected chi connectivity index (χ3v) is 3.71. The lowest BCUT2D eigenvalue weighted by molar-refractivity contribution is 0.590. The highest BCUT2D eigenvalue weighted by molar-refractivity contribution is 5.66. The molecule has 3 rings (SSSR count). The summed E-state index contributed by atoms with van der Waals surface area (Å²) >= 11 is 0. The van der Waals surface area contributed by atoms with Crippen LogP contribution in [-0.2, 0) is 5.41 Å². The number of aromatic nitrogens is 4. The Morgan fingerprint density at radius 2 is 1.65 bits per heavy atom. The van der Waals surface area contributed by atoms with Gasteiger partial charge < -0.3 is 0 Å². The van der Waals surface area contributed by atoms with Crippen molar-refractivity contribution in [2.45, 2.75) is 26.2 Å². The molecule has 0 radical (unpaired) electrons. The van der Waals surface area contributed by atoms with Crippen LogP contribution < -0.4 is 0 Å². The van der Waals surface area contributed by atoms with Crippen molar-refractivity contribution in [3.05, 3.63) is 60.0 Å². The number of hydrogen-bond donors (Lipinski definition) is 0. The Balaban J connectivity index is 2.11. The molecule has 0 aliphatic carbocycles. The second-order valence-corrected chi connectivity index (χ2v) is 6.34. The topological polar surface area (TPSA) is 67.4 Å². The Kier molecular flexibility index (Phi) is 3.67. The lowest BCUT2D eigenvalue weighted by atomic mass is 9.87. The second kappa shape index (κ2) is 5.65. The van der Waals surface area contributed by atoms with E-state index in [0.29, 0.717) is 11.4 Å². The Bertz CT molecular complexity index is 849. The van der Waals surface area contributed by atoms with Crippen LogP contribution in [0.1, 0.15) is 32.0 Å². The van der Waals surface area contributed by atoms with Gasteiger partial charge in [-0.1, -0.05) is 38.1 Å². The van der Waals surface area contributed by atoms with Gasteiger partial charge in [-0.3, -0.25) is 4.98 Å². The number of hydrogen-bond acceptors (Lipinski definition) is 4. The Morgan fingerprint density at radius 1 is 1.00 bits per heavy atom. The van der Waals surface area contributed by atoms with E-state index in [1.807, 2.05) is 24.3 Å². The zero-order chi connectivity index (χ0) is 16.4. The van der Waals surface area contributed by atoms with Gasteiger partial charge in [0.2, 0.25) is 0 Å². The summed E-state index contributed by atoms with van der Waals surface area (Å²) in [5.74, 6) is 0. The number of rotatable bonds is 2. The van der Waals surface area contributed by atoms with Gasteiger partial charge in [-0.05, 0) is 35.2 Å². The molecular weight excluding hydrogens is 286 g/mol. The quantitative estimate of drug-likeness (QED) is 0.726. The van der Waals surface area contributed by atoms with Crippen LogP contribution >= 0.6 is 0 Å². The molecule has 0 amide bonds. The van der Waals surface area contributed by atoms with Crippen molar-refractivity contribution in [2.24, 2.45) is 0 Å². The van der Waals surface area contributed by atoms with Crippen LogP contribution in [0, 0.1) is 11.3 Å². The second-order valence-electron chi connectivity index (χ2n) is 6.34. The van der Waals surface area contributed by atoms with Crippen molar-refractivity contribution in [1.29, 1.82) is 5.26 Å². The molecule has 1 aromatic carbocycles. The van der Waals surface area contributed by atoms with Gasteiger partial charge in [0.05, 0.1) is 5.69 Å². The Labute approximate surface area is 135 Å². The lowest BCUT2D eigenvalue weighted by Crippen LogP contribution is -2.11. The maximum atomic E-state index is 9.31. The normalized spacial score (nSPS) is 11.2.